The van der Waals surface area contributed by atoms with Gasteiger partial charge in [0.2, 0.25) is 0 Å². The van der Waals surface area contributed by atoms with Crippen molar-refractivity contribution in [3.8, 4) is 17.0 Å². The van der Waals surface area contributed by atoms with Crippen molar-refractivity contribution < 1.29 is 10.2 Å². The lowest BCUT2D eigenvalue weighted by Gasteiger charge is -2.08. The molecule has 2 N–H and O–H groups in total. The molecule has 0 amide bonds. The summed E-state index contributed by atoms with van der Waals surface area (Å²) in [5.74, 6) is 0.00643. The molecule has 21 heavy (non-hydrogen) atoms. The molecule has 3 aromatic rings. The number of aromatic nitrogens is 3. The topological polar surface area (TPSA) is 70.7 Å². The molecule has 0 fully saturated rings. The number of aliphatic hydroxyl groups is 1. The molecule has 0 spiro atoms. The molecular formula is C14H11Cl2N3O2. The SMILES string of the molecule is OCCc1cn2nc(-c3c(O)ccc(Cl)c3Cl)ccc2n1. The van der Waals surface area contributed by atoms with Gasteiger partial charge in [-0.3, -0.25) is 0 Å². The minimum Gasteiger partial charge on any atom is -0.507 e. The fraction of sp³-hybridized carbons (Fsp3) is 0.143. The number of imidazole rings is 1. The standard InChI is InChI=1S/C14H11Cl2N3O2/c15-9-1-3-11(21)13(14(9)16)10-2-4-12-17-8(5-6-20)7-19(12)18-10/h1-4,7,20-21H,5-6H2. The lowest BCUT2D eigenvalue weighted by Crippen LogP contribution is -1.94. The first-order valence-electron chi connectivity index (χ1n) is 6.23. The van der Waals surface area contributed by atoms with Crippen LogP contribution in [0.4, 0.5) is 0 Å². The van der Waals surface area contributed by atoms with E-state index in [1.54, 1.807) is 22.8 Å². The first-order chi connectivity index (χ1) is 10.1. The fourth-order valence-corrected chi connectivity index (χ4v) is 2.50. The normalized spacial score (nSPS) is 11.2. The number of aromatic hydroxyl groups is 1. The first kappa shape index (κ1) is 14.1. The lowest BCUT2D eigenvalue weighted by molar-refractivity contribution is 0.298. The highest BCUT2D eigenvalue weighted by atomic mass is 35.5. The van der Waals surface area contributed by atoms with Gasteiger partial charge in [0.15, 0.2) is 5.65 Å². The van der Waals surface area contributed by atoms with Crippen LogP contribution in [0.1, 0.15) is 5.69 Å². The molecule has 0 aliphatic rings. The van der Waals surface area contributed by atoms with Crippen LogP contribution < -0.4 is 0 Å². The minimum atomic E-state index is 0.00643. The van der Waals surface area contributed by atoms with E-state index in [2.05, 4.69) is 10.1 Å². The number of phenols is 1. The summed E-state index contributed by atoms with van der Waals surface area (Å²) in [6, 6.07) is 6.47. The van der Waals surface area contributed by atoms with Crippen LogP contribution in [0.25, 0.3) is 16.9 Å². The maximum atomic E-state index is 9.99. The summed E-state index contributed by atoms with van der Waals surface area (Å²) in [6.07, 6.45) is 2.19. The molecule has 0 saturated heterocycles. The van der Waals surface area contributed by atoms with Gasteiger partial charge in [-0.25, -0.2) is 9.50 Å². The van der Waals surface area contributed by atoms with Crippen LogP contribution in [0.5, 0.6) is 5.75 Å². The number of phenolic OH excluding ortho intramolecular Hbond substituents is 1. The minimum absolute atomic E-state index is 0.00643. The second-order valence-electron chi connectivity index (χ2n) is 4.48. The van der Waals surface area contributed by atoms with E-state index in [9.17, 15) is 5.11 Å². The maximum Gasteiger partial charge on any atom is 0.153 e. The van der Waals surface area contributed by atoms with Crippen molar-refractivity contribution in [3.63, 3.8) is 0 Å². The molecule has 0 aliphatic heterocycles. The third-order valence-electron chi connectivity index (χ3n) is 3.07. The van der Waals surface area contributed by atoms with E-state index in [1.807, 2.05) is 0 Å². The van der Waals surface area contributed by atoms with Crippen LogP contribution in [0.3, 0.4) is 0 Å². The summed E-state index contributed by atoms with van der Waals surface area (Å²) in [6.45, 7) is 0.0254. The van der Waals surface area contributed by atoms with E-state index in [1.165, 1.54) is 12.1 Å². The molecule has 0 atom stereocenters. The Labute approximate surface area is 130 Å². The Hall–Kier alpha value is -1.82. The molecule has 0 radical (unpaired) electrons. The van der Waals surface area contributed by atoms with Gasteiger partial charge in [-0.1, -0.05) is 23.2 Å². The van der Waals surface area contributed by atoms with Gasteiger partial charge in [-0.05, 0) is 24.3 Å². The Bertz CT molecular complexity index is 817. The monoisotopic (exact) mass is 323 g/mol. The Kier molecular flexibility index (Phi) is 3.71. The van der Waals surface area contributed by atoms with Crippen LogP contribution in [-0.4, -0.2) is 31.4 Å². The van der Waals surface area contributed by atoms with Crippen LogP contribution in [-0.2, 0) is 6.42 Å². The largest absolute Gasteiger partial charge is 0.507 e. The zero-order chi connectivity index (χ0) is 15.0. The van der Waals surface area contributed by atoms with Gasteiger partial charge < -0.3 is 10.2 Å². The first-order valence-corrected chi connectivity index (χ1v) is 6.99. The van der Waals surface area contributed by atoms with Gasteiger partial charge in [-0.15, -0.1) is 0 Å². The number of rotatable bonds is 3. The van der Waals surface area contributed by atoms with Crippen LogP contribution >= 0.6 is 23.2 Å². The highest BCUT2D eigenvalue weighted by Gasteiger charge is 2.15. The predicted molar refractivity (Wildman–Crippen MR) is 80.9 cm³/mol. The van der Waals surface area contributed by atoms with E-state index in [-0.39, 0.29) is 17.4 Å². The van der Waals surface area contributed by atoms with E-state index >= 15 is 0 Å². The molecule has 2 aromatic heterocycles. The Morgan fingerprint density at radius 3 is 2.71 bits per heavy atom. The fourth-order valence-electron chi connectivity index (χ4n) is 2.08. The number of benzene rings is 1. The van der Waals surface area contributed by atoms with Crippen molar-refractivity contribution >= 4 is 28.8 Å². The summed E-state index contributed by atoms with van der Waals surface area (Å²) in [7, 11) is 0. The number of fused-ring (bicyclic) bond motifs is 1. The van der Waals surface area contributed by atoms with Crippen LogP contribution in [0, 0.1) is 0 Å². The quantitative estimate of drug-likeness (QED) is 0.777. The number of halogens is 2. The van der Waals surface area contributed by atoms with Gasteiger partial charge in [0.1, 0.15) is 5.75 Å². The average molecular weight is 324 g/mol. The summed E-state index contributed by atoms with van der Waals surface area (Å²) in [5, 5.41) is 23.9. The summed E-state index contributed by atoms with van der Waals surface area (Å²) in [5.41, 5.74) is 2.26. The second-order valence-corrected chi connectivity index (χ2v) is 5.27. The van der Waals surface area contributed by atoms with Crippen molar-refractivity contribution in [2.24, 2.45) is 0 Å². The van der Waals surface area contributed by atoms with Gasteiger partial charge in [0, 0.05) is 13.0 Å². The van der Waals surface area contributed by atoms with Crippen molar-refractivity contribution in [2.45, 2.75) is 6.42 Å². The maximum absolute atomic E-state index is 9.99. The van der Waals surface area contributed by atoms with Crippen molar-refractivity contribution in [1.82, 2.24) is 14.6 Å². The zero-order valence-corrected chi connectivity index (χ0v) is 12.3. The predicted octanol–water partition coefficient (Wildman–Crippen LogP) is 2.94. The van der Waals surface area contributed by atoms with Crippen molar-refractivity contribution in [3.05, 3.63) is 46.2 Å². The number of nitrogens with zero attached hydrogens (tertiary/aromatic N) is 3. The molecule has 0 aliphatic carbocycles. The summed E-state index contributed by atoms with van der Waals surface area (Å²) in [4.78, 5) is 4.32. The molecule has 1 aromatic carbocycles. The highest BCUT2D eigenvalue weighted by Crippen LogP contribution is 2.39. The molecule has 0 saturated carbocycles. The smallest absolute Gasteiger partial charge is 0.153 e. The van der Waals surface area contributed by atoms with Crippen molar-refractivity contribution in [1.29, 1.82) is 0 Å². The van der Waals surface area contributed by atoms with Gasteiger partial charge in [-0.2, -0.15) is 5.10 Å². The van der Waals surface area contributed by atoms with E-state index in [0.29, 0.717) is 28.3 Å². The van der Waals surface area contributed by atoms with E-state index in [4.69, 9.17) is 28.3 Å². The summed E-state index contributed by atoms with van der Waals surface area (Å²) >= 11 is 12.1. The third kappa shape index (κ3) is 2.55. The molecule has 3 rings (SSSR count). The average Bonchev–Trinajstić information content (AvgIpc) is 2.85. The number of hydrogen-bond acceptors (Lipinski definition) is 4. The lowest BCUT2D eigenvalue weighted by atomic mass is 10.1. The Morgan fingerprint density at radius 1 is 1.14 bits per heavy atom. The molecule has 5 nitrogen and oxygen atoms in total. The molecule has 0 bridgehead atoms. The number of hydrogen-bond donors (Lipinski definition) is 2. The van der Waals surface area contributed by atoms with E-state index < -0.39 is 0 Å². The highest BCUT2D eigenvalue weighted by molar-refractivity contribution is 6.44. The van der Waals surface area contributed by atoms with Gasteiger partial charge in [0.25, 0.3) is 0 Å². The third-order valence-corrected chi connectivity index (χ3v) is 3.87. The number of aliphatic hydroxyl groups excluding tert-OH is 1. The Balaban J connectivity index is 2.15. The van der Waals surface area contributed by atoms with E-state index in [0.717, 1.165) is 5.69 Å². The summed E-state index contributed by atoms with van der Waals surface area (Å²) < 4.78 is 1.58. The molecule has 0 unspecified atom stereocenters. The van der Waals surface area contributed by atoms with Gasteiger partial charge in [0.05, 0.1) is 33.2 Å². The van der Waals surface area contributed by atoms with Crippen molar-refractivity contribution in [2.75, 3.05) is 6.61 Å². The Morgan fingerprint density at radius 2 is 1.95 bits per heavy atom. The molecule has 7 heteroatoms. The molecule has 108 valence electrons. The van der Waals surface area contributed by atoms with Crippen LogP contribution in [0.2, 0.25) is 10.0 Å². The second kappa shape index (κ2) is 5.52. The zero-order valence-electron chi connectivity index (χ0n) is 10.8. The van der Waals surface area contributed by atoms with Gasteiger partial charge >= 0.3 is 0 Å². The molecular weight excluding hydrogens is 313 g/mol. The van der Waals surface area contributed by atoms with Crippen LogP contribution in [0.15, 0.2) is 30.5 Å². The molecule has 2 heterocycles.